The number of fused-ring (bicyclic) bond motifs is 1. The number of hydrogen-bond donors (Lipinski definition) is 1. The van der Waals surface area contributed by atoms with Gasteiger partial charge in [-0.25, -0.2) is 4.79 Å². The van der Waals surface area contributed by atoms with Crippen LogP contribution in [-0.2, 0) is 20.7 Å². The van der Waals surface area contributed by atoms with Crippen LogP contribution < -0.4 is 15.1 Å². The largest absolute Gasteiger partial charge is 0.444 e. The van der Waals surface area contributed by atoms with Crippen LogP contribution in [0.3, 0.4) is 0 Å². The van der Waals surface area contributed by atoms with Gasteiger partial charge in [-0.05, 0) is 70.6 Å². The predicted molar refractivity (Wildman–Crippen MR) is 128 cm³/mol. The van der Waals surface area contributed by atoms with Crippen molar-refractivity contribution in [2.75, 3.05) is 36.5 Å². The van der Waals surface area contributed by atoms with E-state index in [4.69, 9.17) is 4.74 Å². The molecule has 180 valence electrons. The first kappa shape index (κ1) is 23.4. The Morgan fingerprint density at radius 3 is 2.42 bits per heavy atom. The highest BCUT2D eigenvalue weighted by Gasteiger charge is 2.35. The minimum atomic E-state index is -0.496. The van der Waals surface area contributed by atoms with Gasteiger partial charge in [-0.15, -0.1) is 0 Å². The van der Waals surface area contributed by atoms with Crippen LogP contribution in [0.25, 0.3) is 0 Å². The fraction of sp³-hybridized carbons (Fsp3) is 0.640. The normalized spacial score (nSPS) is 22.0. The number of imide groups is 1. The van der Waals surface area contributed by atoms with Gasteiger partial charge in [-0.3, -0.25) is 14.9 Å². The Morgan fingerprint density at radius 1 is 1.06 bits per heavy atom. The summed E-state index contributed by atoms with van der Waals surface area (Å²) in [4.78, 5) is 42.9. The second-order valence-electron chi connectivity index (χ2n) is 10.3. The van der Waals surface area contributed by atoms with Crippen molar-refractivity contribution in [3.63, 3.8) is 0 Å². The van der Waals surface area contributed by atoms with Crippen LogP contribution in [0.4, 0.5) is 16.2 Å². The lowest BCUT2D eigenvalue weighted by molar-refractivity contribution is -0.134. The summed E-state index contributed by atoms with van der Waals surface area (Å²) in [5.74, 6) is -0.364. The quantitative estimate of drug-likeness (QED) is 0.704. The standard InChI is InChI=1S/C25H36N4O4/c1-25(2,3)33-24(32)27(4)17-12-15-28(16-13-17)19-8-5-9-20-18(19)7-6-14-29(20)21-10-11-22(30)26-23(21)31/h5,8-9,17,21H,6-7,10-16H2,1-4H3,(H,26,30,31)/t21-/m1/s1. The van der Waals surface area contributed by atoms with Gasteiger partial charge in [0, 0.05) is 50.5 Å². The molecule has 0 unspecified atom stereocenters. The van der Waals surface area contributed by atoms with Crippen molar-refractivity contribution in [2.24, 2.45) is 0 Å². The molecule has 3 amide bonds. The van der Waals surface area contributed by atoms with Crippen molar-refractivity contribution >= 4 is 29.3 Å². The summed E-state index contributed by atoms with van der Waals surface area (Å²) in [5.41, 5.74) is 3.13. The first-order valence-electron chi connectivity index (χ1n) is 12.1. The van der Waals surface area contributed by atoms with E-state index in [1.165, 1.54) is 11.3 Å². The predicted octanol–water partition coefficient (Wildman–Crippen LogP) is 3.08. The fourth-order valence-corrected chi connectivity index (χ4v) is 5.21. The minimum Gasteiger partial charge on any atom is -0.444 e. The van der Waals surface area contributed by atoms with Crippen LogP contribution in [-0.4, -0.2) is 67.2 Å². The van der Waals surface area contributed by atoms with Crippen molar-refractivity contribution in [2.45, 2.75) is 77.0 Å². The molecular weight excluding hydrogens is 420 g/mol. The van der Waals surface area contributed by atoms with Gasteiger partial charge in [-0.2, -0.15) is 0 Å². The van der Waals surface area contributed by atoms with E-state index in [0.29, 0.717) is 12.8 Å². The maximum absolute atomic E-state index is 12.5. The average Bonchev–Trinajstić information content (AvgIpc) is 2.77. The van der Waals surface area contributed by atoms with E-state index < -0.39 is 5.60 Å². The third-order valence-corrected chi connectivity index (χ3v) is 6.88. The molecule has 1 aromatic rings. The summed E-state index contributed by atoms with van der Waals surface area (Å²) >= 11 is 0. The lowest BCUT2D eigenvalue weighted by Gasteiger charge is -2.42. The molecule has 1 atom stereocenters. The Bertz CT molecular complexity index is 917. The van der Waals surface area contributed by atoms with Crippen molar-refractivity contribution in [3.05, 3.63) is 23.8 Å². The molecule has 4 rings (SSSR count). The maximum atomic E-state index is 12.5. The van der Waals surface area contributed by atoms with Crippen molar-refractivity contribution in [1.82, 2.24) is 10.2 Å². The van der Waals surface area contributed by atoms with E-state index in [1.54, 1.807) is 4.90 Å². The summed E-state index contributed by atoms with van der Waals surface area (Å²) in [6.07, 6.45) is 4.43. The molecule has 33 heavy (non-hydrogen) atoms. The average molecular weight is 457 g/mol. The molecule has 2 saturated heterocycles. The number of hydrogen-bond acceptors (Lipinski definition) is 6. The van der Waals surface area contributed by atoms with Crippen molar-refractivity contribution in [1.29, 1.82) is 0 Å². The van der Waals surface area contributed by atoms with Gasteiger partial charge < -0.3 is 19.4 Å². The third-order valence-electron chi connectivity index (χ3n) is 6.88. The second kappa shape index (κ2) is 9.23. The summed E-state index contributed by atoms with van der Waals surface area (Å²) in [6.45, 7) is 8.22. The molecule has 2 fully saturated rings. The number of anilines is 2. The Morgan fingerprint density at radius 2 is 1.76 bits per heavy atom. The van der Waals surface area contributed by atoms with Crippen LogP contribution in [0, 0.1) is 0 Å². The first-order valence-corrected chi connectivity index (χ1v) is 12.1. The van der Waals surface area contributed by atoms with Gasteiger partial charge in [-0.1, -0.05) is 6.07 Å². The first-order chi connectivity index (χ1) is 15.6. The SMILES string of the molecule is CN(C(=O)OC(C)(C)C)C1CCN(c2cccc3c2CCCN3[C@@H]2CCC(=O)NC2=O)CC1. The lowest BCUT2D eigenvalue weighted by Crippen LogP contribution is -2.54. The molecule has 0 saturated carbocycles. The molecule has 0 radical (unpaired) electrons. The summed E-state index contributed by atoms with van der Waals surface area (Å²) in [6, 6.07) is 6.22. The molecule has 0 aromatic heterocycles. The number of benzene rings is 1. The number of nitrogens with one attached hydrogen (secondary N) is 1. The van der Waals surface area contributed by atoms with Gasteiger partial charge in [0.2, 0.25) is 11.8 Å². The molecular formula is C25H36N4O4. The van der Waals surface area contributed by atoms with Crippen LogP contribution in [0.1, 0.15) is 58.4 Å². The highest BCUT2D eigenvalue weighted by Crippen LogP contribution is 2.38. The van der Waals surface area contributed by atoms with E-state index in [2.05, 4.69) is 33.3 Å². The Hall–Kier alpha value is -2.77. The van der Waals surface area contributed by atoms with Crippen LogP contribution >= 0.6 is 0 Å². The molecule has 3 aliphatic heterocycles. The Balaban J connectivity index is 1.46. The number of rotatable bonds is 3. The van der Waals surface area contributed by atoms with E-state index in [0.717, 1.165) is 51.0 Å². The highest BCUT2D eigenvalue weighted by molar-refractivity contribution is 6.02. The highest BCUT2D eigenvalue weighted by atomic mass is 16.6. The summed E-state index contributed by atoms with van der Waals surface area (Å²) in [5, 5.41) is 2.50. The van der Waals surface area contributed by atoms with Gasteiger partial charge in [0.05, 0.1) is 0 Å². The lowest BCUT2D eigenvalue weighted by atomic mass is 9.94. The minimum absolute atomic E-state index is 0.163. The number of piperidine rings is 2. The number of carbonyl (C=O) groups excluding carboxylic acids is 3. The van der Waals surface area contributed by atoms with Crippen molar-refractivity contribution in [3.8, 4) is 0 Å². The van der Waals surface area contributed by atoms with Crippen LogP contribution in [0.15, 0.2) is 18.2 Å². The fourth-order valence-electron chi connectivity index (χ4n) is 5.21. The van der Waals surface area contributed by atoms with Gasteiger partial charge in [0.15, 0.2) is 0 Å². The molecule has 0 bridgehead atoms. The monoisotopic (exact) mass is 456 g/mol. The zero-order valence-electron chi connectivity index (χ0n) is 20.2. The molecule has 3 aliphatic rings. The zero-order valence-corrected chi connectivity index (χ0v) is 20.2. The number of ether oxygens (including phenoxy) is 1. The van der Waals surface area contributed by atoms with E-state index >= 15 is 0 Å². The van der Waals surface area contributed by atoms with Gasteiger partial charge >= 0.3 is 6.09 Å². The number of nitrogens with zero attached hydrogens (tertiary/aromatic N) is 3. The number of carbonyl (C=O) groups is 3. The molecule has 0 spiro atoms. The Labute approximate surface area is 196 Å². The maximum Gasteiger partial charge on any atom is 0.410 e. The second-order valence-corrected chi connectivity index (χ2v) is 10.3. The third kappa shape index (κ3) is 5.09. The molecule has 8 nitrogen and oxygen atoms in total. The van der Waals surface area contributed by atoms with Crippen LogP contribution in [0.2, 0.25) is 0 Å². The van der Waals surface area contributed by atoms with Gasteiger partial charge in [0.1, 0.15) is 11.6 Å². The van der Waals surface area contributed by atoms with E-state index in [9.17, 15) is 14.4 Å². The summed E-state index contributed by atoms with van der Waals surface area (Å²) < 4.78 is 5.54. The molecule has 1 aromatic carbocycles. The number of amides is 3. The van der Waals surface area contributed by atoms with Crippen LogP contribution in [0.5, 0.6) is 0 Å². The summed E-state index contributed by atoms with van der Waals surface area (Å²) in [7, 11) is 1.83. The smallest absolute Gasteiger partial charge is 0.410 e. The zero-order chi connectivity index (χ0) is 23.8. The van der Waals surface area contributed by atoms with E-state index in [1.807, 2.05) is 27.8 Å². The topological polar surface area (TPSA) is 82.2 Å². The molecule has 0 aliphatic carbocycles. The Kier molecular flexibility index (Phi) is 6.54. The molecule has 3 heterocycles. The van der Waals surface area contributed by atoms with Gasteiger partial charge in [0.25, 0.3) is 0 Å². The van der Waals surface area contributed by atoms with E-state index in [-0.39, 0.29) is 30.0 Å². The molecule has 8 heteroatoms. The van der Waals surface area contributed by atoms with Crippen molar-refractivity contribution < 1.29 is 19.1 Å². The molecule has 1 N–H and O–H groups in total.